The lowest BCUT2D eigenvalue weighted by molar-refractivity contribution is 0.0992. The number of nitrogens with zero attached hydrogens (tertiary/aromatic N) is 1. The molecule has 1 aromatic carbocycles. The van der Waals surface area contributed by atoms with Crippen LogP contribution >= 0.6 is 11.6 Å². The van der Waals surface area contributed by atoms with Crippen molar-refractivity contribution in [3.05, 3.63) is 34.5 Å². The van der Waals surface area contributed by atoms with E-state index in [2.05, 4.69) is 5.32 Å². The number of benzene rings is 1. The highest BCUT2D eigenvalue weighted by atomic mass is 35.5. The van der Waals surface area contributed by atoms with Crippen LogP contribution in [0.25, 0.3) is 10.9 Å². The second kappa shape index (κ2) is 5.12. The molecule has 0 aliphatic heterocycles. The van der Waals surface area contributed by atoms with Crippen molar-refractivity contribution in [1.29, 1.82) is 0 Å². The molecule has 0 aliphatic carbocycles. The van der Waals surface area contributed by atoms with Crippen molar-refractivity contribution in [3.63, 3.8) is 0 Å². The smallest absolute Gasteiger partial charge is 0.179 e. The van der Waals surface area contributed by atoms with E-state index in [9.17, 15) is 4.79 Å². The molecule has 4 heteroatoms. The van der Waals surface area contributed by atoms with Crippen LogP contribution in [0.5, 0.6) is 0 Å². The normalized spacial score (nSPS) is 11.1. The summed E-state index contributed by atoms with van der Waals surface area (Å²) in [5, 5.41) is 4.74. The number of ketones is 1. The van der Waals surface area contributed by atoms with Crippen molar-refractivity contribution < 1.29 is 4.79 Å². The van der Waals surface area contributed by atoms with Crippen LogP contribution in [0.4, 0.5) is 0 Å². The van der Waals surface area contributed by atoms with E-state index in [4.69, 9.17) is 11.6 Å². The molecular weight excluding hydrogens is 248 g/mol. The predicted molar refractivity (Wildman–Crippen MR) is 75.5 cm³/mol. The lowest BCUT2D eigenvalue weighted by Crippen LogP contribution is -2.23. The SMILES string of the molecule is CCNCC(=O)c1c(C)n(C)c2cc(Cl)ccc12. The van der Waals surface area contributed by atoms with Gasteiger partial charge in [0.05, 0.1) is 12.1 Å². The van der Waals surface area contributed by atoms with Gasteiger partial charge < -0.3 is 9.88 Å². The standard InChI is InChI=1S/C14H17ClN2O/c1-4-16-8-13(18)14-9(2)17(3)12-7-10(15)5-6-11(12)14/h5-7,16H,4,8H2,1-3H3. The van der Waals surface area contributed by atoms with E-state index in [1.807, 2.05) is 43.7 Å². The van der Waals surface area contributed by atoms with Crippen molar-refractivity contribution in [3.8, 4) is 0 Å². The number of hydrogen-bond donors (Lipinski definition) is 1. The molecule has 0 saturated carbocycles. The third-order valence-corrected chi connectivity index (χ3v) is 3.50. The summed E-state index contributed by atoms with van der Waals surface area (Å²) in [4.78, 5) is 12.2. The Morgan fingerprint density at radius 3 is 2.83 bits per heavy atom. The molecule has 0 atom stereocenters. The summed E-state index contributed by atoms with van der Waals surface area (Å²) in [5.41, 5.74) is 2.78. The minimum Gasteiger partial charge on any atom is -0.347 e. The Balaban J connectivity index is 2.57. The number of aromatic nitrogens is 1. The van der Waals surface area contributed by atoms with Gasteiger partial charge in [-0.25, -0.2) is 0 Å². The third-order valence-electron chi connectivity index (χ3n) is 3.27. The van der Waals surface area contributed by atoms with Crippen molar-refractivity contribution in [1.82, 2.24) is 9.88 Å². The zero-order chi connectivity index (χ0) is 13.3. The molecule has 18 heavy (non-hydrogen) atoms. The number of nitrogens with one attached hydrogen (secondary N) is 1. The second-order valence-electron chi connectivity index (χ2n) is 4.38. The summed E-state index contributed by atoms with van der Waals surface area (Å²) < 4.78 is 2.01. The lowest BCUT2D eigenvalue weighted by Gasteiger charge is -2.02. The summed E-state index contributed by atoms with van der Waals surface area (Å²) in [5.74, 6) is 0.127. The van der Waals surface area contributed by atoms with Crippen LogP contribution in [0.1, 0.15) is 23.0 Å². The van der Waals surface area contributed by atoms with Crippen LogP contribution in [-0.4, -0.2) is 23.4 Å². The molecule has 1 aromatic heterocycles. The maximum absolute atomic E-state index is 12.2. The molecule has 0 unspecified atom stereocenters. The van der Waals surface area contributed by atoms with Crippen LogP contribution in [0, 0.1) is 6.92 Å². The highest BCUT2D eigenvalue weighted by Crippen LogP contribution is 2.27. The van der Waals surface area contributed by atoms with Gasteiger partial charge in [-0.3, -0.25) is 4.79 Å². The molecule has 2 rings (SSSR count). The average molecular weight is 265 g/mol. The van der Waals surface area contributed by atoms with E-state index in [0.29, 0.717) is 11.6 Å². The molecule has 0 amide bonds. The molecule has 96 valence electrons. The van der Waals surface area contributed by atoms with E-state index in [0.717, 1.165) is 28.7 Å². The summed E-state index contributed by atoms with van der Waals surface area (Å²) in [7, 11) is 1.96. The van der Waals surface area contributed by atoms with E-state index in [1.165, 1.54) is 0 Å². The van der Waals surface area contributed by atoms with Crippen molar-refractivity contribution in [2.24, 2.45) is 7.05 Å². The highest BCUT2D eigenvalue weighted by Gasteiger charge is 2.17. The van der Waals surface area contributed by atoms with Gasteiger partial charge in [0, 0.05) is 28.7 Å². The second-order valence-corrected chi connectivity index (χ2v) is 4.82. The van der Waals surface area contributed by atoms with Gasteiger partial charge in [-0.1, -0.05) is 24.6 Å². The number of hydrogen-bond acceptors (Lipinski definition) is 2. The van der Waals surface area contributed by atoms with Gasteiger partial charge in [-0.15, -0.1) is 0 Å². The van der Waals surface area contributed by atoms with Gasteiger partial charge in [0.1, 0.15) is 0 Å². The van der Waals surface area contributed by atoms with Gasteiger partial charge in [0.2, 0.25) is 0 Å². The molecule has 1 N–H and O–H groups in total. The topological polar surface area (TPSA) is 34.0 Å². The number of Topliss-reactive ketones (excluding diaryl/α,β-unsaturated/α-hetero) is 1. The number of fused-ring (bicyclic) bond motifs is 1. The Labute approximate surface area is 112 Å². The molecule has 0 radical (unpaired) electrons. The molecule has 0 spiro atoms. The third kappa shape index (κ3) is 2.16. The maximum atomic E-state index is 12.2. The van der Waals surface area contributed by atoms with Crippen LogP contribution in [0.2, 0.25) is 5.02 Å². The van der Waals surface area contributed by atoms with Crippen LogP contribution < -0.4 is 5.32 Å². The molecule has 0 bridgehead atoms. The maximum Gasteiger partial charge on any atom is 0.179 e. The zero-order valence-corrected chi connectivity index (χ0v) is 11.6. The number of carbonyl (C=O) groups is 1. The summed E-state index contributed by atoms with van der Waals surface area (Å²) in [6.07, 6.45) is 0. The molecule has 2 aromatic rings. The van der Waals surface area contributed by atoms with Crippen molar-refractivity contribution in [2.75, 3.05) is 13.1 Å². The number of rotatable bonds is 4. The average Bonchev–Trinajstić information content (AvgIpc) is 2.60. The fourth-order valence-electron chi connectivity index (χ4n) is 2.22. The largest absolute Gasteiger partial charge is 0.347 e. The number of carbonyl (C=O) groups excluding carboxylic acids is 1. The number of likely N-dealkylation sites (N-methyl/N-ethyl adjacent to an activating group) is 1. The van der Waals surface area contributed by atoms with E-state index in [-0.39, 0.29) is 5.78 Å². The Kier molecular flexibility index (Phi) is 3.73. The monoisotopic (exact) mass is 264 g/mol. The summed E-state index contributed by atoms with van der Waals surface area (Å²) >= 11 is 6.00. The van der Waals surface area contributed by atoms with Gasteiger partial charge >= 0.3 is 0 Å². The molecule has 3 nitrogen and oxygen atoms in total. The van der Waals surface area contributed by atoms with E-state index < -0.39 is 0 Å². The first-order valence-corrected chi connectivity index (χ1v) is 6.42. The van der Waals surface area contributed by atoms with Gasteiger partial charge in [-0.2, -0.15) is 0 Å². The van der Waals surface area contributed by atoms with E-state index in [1.54, 1.807) is 0 Å². The fourth-order valence-corrected chi connectivity index (χ4v) is 2.38. The Morgan fingerprint density at radius 1 is 1.44 bits per heavy atom. The molecular formula is C14H17ClN2O. The number of aryl methyl sites for hydroxylation is 1. The fraction of sp³-hybridized carbons (Fsp3) is 0.357. The summed E-state index contributed by atoms with van der Waals surface area (Å²) in [6.45, 7) is 5.12. The first-order valence-electron chi connectivity index (χ1n) is 6.04. The van der Waals surface area contributed by atoms with E-state index >= 15 is 0 Å². The Hall–Kier alpha value is -1.32. The van der Waals surface area contributed by atoms with Gasteiger partial charge in [0.25, 0.3) is 0 Å². The van der Waals surface area contributed by atoms with Gasteiger partial charge in [0.15, 0.2) is 5.78 Å². The van der Waals surface area contributed by atoms with Crippen LogP contribution in [-0.2, 0) is 7.05 Å². The molecule has 0 saturated heterocycles. The van der Waals surface area contributed by atoms with Crippen LogP contribution in [0.15, 0.2) is 18.2 Å². The Morgan fingerprint density at radius 2 is 2.17 bits per heavy atom. The minimum absolute atomic E-state index is 0.127. The highest BCUT2D eigenvalue weighted by molar-refractivity contribution is 6.31. The van der Waals surface area contributed by atoms with Crippen molar-refractivity contribution in [2.45, 2.75) is 13.8 Å². The minimum atomic E-state index is 0.127. The van der Waals surface area contributed by atoms with Gasteiger partial charge in [-0.05, 0) is 25.6 Å². The lowest BCUT2D eigenvalue weighted by atomic mass is 10.1. The number of halogens is 1. The Bertz CT molecular complexity index is 601. The predicted octanol–water partition coefficient (Wildman–Crippen LogP) is 2.93. The molecule has 0 fully saturated rings. The van der Waals surface area contributed by atoms with Crippen LogP contribution in [0.3, 0.4) is 0 Å². The van der Waals surface area contributed by atoms with Crippen molar-refractivity contribution >= 4 is 28.3 Å². The molecule has 1 heterocycles. The quantitative estimate of drug-likeness (QED) is 0.862. The zero-order valence-electron chi connectivity index (χ0n) is 10.9. The molecule has 0 aliphatic rings. The summed E-state index contributed by atoms with van der Waals surface area (Å²) in [6, 6.07) is 5.64. The first kappa shape index (κ1) is 13.1. The first-order chi connectivity index (χ1) is 8.56.